The van der Waals surface area contributed by atoms with Gasteiger partial charge in [-0.3, -0.25) is 0 Å². The second kappa shape index (κ2) is 35.1. The van der Waals surface area contributed by atoms with E-state index in [0.29, 0.717) is 0 Å². The van der Waals surface area contributed by atoms with Crippen molar-refractivity contribution in [3.63, 3.8) is 0 Å². The SMILES string of the molecule is [2H]OC([2H])([2H])C([2H])([2H])O[C@@]1([2H])C([2H])([2H])[C@@]([2H])(n2nnc3c(N([2H])[C@]4([2H])C([2H])([2H])[C@@]4([2H])c4c([2H])c([2H])c(C)c(F)c4[2H])nc(SC([2H])([2H])C([2H])([2H])C)nc32)[C@]([2H])(O[2H])[C@]1([2H])O[2H].[2H]c1c([2H])c([C@]2([2H])C([2H])([2H])[C@@]2([2H])Nc2nc(SC([2H])([2H])C([2H])([2H])C)nc3c2nnn3[C@]2([2H])C([2H])([2H])[C@]([2H])(OC([2H])([2H])C([2H])([2H])O)[C@@]([2H])(O)[C@@]2([2H])O)c([2H])c(F)c1C.[2H]c1c([2H])c([C@]2([2H])C([2H])([2H])[C@@]2([2H])Nc2nc(SC([2H])([2H])C([2H])([2H])C)nc3c2nnn3[C@]2([2H])C([2H])([2H])[C@]([2H])(OC([2H])([2H])CO)[C@@]([2H])(O)[C@@]2([2H])O)c([2H])c(F)c1C. The first kappa shape index (κ1) is 31.8. The number of hydrogen-bond acceptors (Lipinski definition) is 30. The number of anilines is 3. The van der Waals surface area contributed by atoms with Crippen LogP contribution in [0.1, 0.15) is 231 Å². The highest BCUT2D eigenvalue weighted by Gasteiger charge is 2.49. The number of aliphatic hydroxyl groups excluding tert-OH is 1. The third-order valence-electron chi connectivity index (χ3n) is 14.0. The molecule has 0 saturated heterocycles. The van der Waals surface area contributed by atoms with Crippen LogP contribution in [0.2, 0.25) is 1.41 Å². The fourth-order valence-electron chi connectivity index (χ4n) is 8.91. The third kappa shape index (κ3) is 17.5. The lowest BCUT2D eigenvalue weighted by atomic mass is 10.1. The molecular formula is C72H93F3N18O12S3. The lowest BCUT2D eigenvalue weighted by Gasteiger charge is -2.17. The van der Waals surface area contributed by atoms with E-state index in [4.69, 9.17) is 92.7 Å². The van der Waals surface area contributed by atoms with E-state index in [-0.39, 0.29) is 54.6 Å². The number of ether oxygens (including phenoxy) is 3. The van der Waals surface area contributed by atoms with E-state index in [1.165, 1.54) is 0 Å². The number of rotatable bonds is 33. The molecule has 36 heteroatoms. The predicted octanol–water partition coefficient (Wildman–Crippen LogP) is 6.55. The van der Waals surface area contributed by atoms with Crippen LogP contribution in [0.5, 0.6) is 0 Å². The Bertz CT molecular complexity index is 7940. The Morgan fingerprint density at radius 3 is 1.28 bits per heavy atom. The van der Waals surface area contributed by atoms with Gasteiger partial charge in [0.05, 0.1) is 122 Å². The molecule has 0 amide bonds. The van der Waals surface area contributed by atoms with E-state index >= 15 is 13.2 Å². The van der Waals surface area contributed by atoms with Crippen molar-refractivity contribution in [2.24, 2.45) is 0 Å². The van der Waals surface area contributed by atoms with Gasteiger partial charge in [0.15, 0.2) is 67.8 Å². The van der Waals surface area contributed by atoms with Crippen molar-refractivity contribution in [2.45, 2.75) is 223 Å². The molecule has 6 heterocycles. The number of benzene rings is 3. The van der Waals surface area contributed by atoms with E-state index in [9.17, 15) is 32.0 Å². The number of fused-ring (bicyclic) bond motifs is 3. The molecule has 582 valence electrons. The van der Waals surface area contributed by atoms with E-state index in [2.05, 4.69) is 96.3 Å². The first-order valence-corrected chi connectivity index (χ1v) is 32.2. The Hall–Kier alpha value is -7.14. The Morgan fingerprint density at radius 2 is 0.880 bits per heavy atom. The van der Waals surface area contributed by atoms with E-state index < -0.39 is 394 Å². The summed E-state index contributed by atoms with van der Waals surface area (Å²) in [6, 6.07) is -31.6. The minimum atomic E-state index is -4.54. The average molecular weight is 1620 g/mol. The largest absolute Gasteiger partial charge is 0.394 e. The van der Waals surface area contributed by atoms with Gasteiger partial charge >= 0.3 is 0 Å². The summed E-state index contributed by atoms with van der Waals surface area (Å²) in [4.78, 5) is 23.4. The summed E-state index contributed by atoms with van der Waals surface area (Å²) >= 11 is -0.455. The molecule has 6 aromatic heterocycles. The number of nitrogens with zero attached hydrogens (tertiary/aromatic N) is 15. The molecule has 0 radical (unpaired) electrons. The zero-order valence-corrected chi connectivity index (χ0v) is 57.3. The maximum absolute atomic E-state index is 15.2. The Morgan fingerprint density at radius 1 is 0.509 bits per heavy atom. The summed E-state index contributed by atoms with van der Waals surface area (Å²) in [5.74, 6) is -17.1. The molecule has 108 heavy (non-hydrogen) atoms. The van der Waals surface area contributed by atoms with Crippen LogP contribution < -0.4 is 15.9 Å². The topological polar surface area (TPSA) is 415 Å². The van der Waals surface area contributed by atoms with E-state index in [0.717, 1.165) is 41.5 Å². The molecule has 0 unspecified atom stereocenters. The standard InChI is InChI=1S/3C24H31FN6O4S/c3*1-3-8-36-24-27-22(26-16-10-14(16)13-5-4-12(2)15(25)9-13)19-23(28-24)31(30-29-19)17-11-18(35-7-6-32)21(34)20(17)33/h3*4-5,9,14,16-18,20-21,32-34H,3,6-8,10-11H2,1-2H3,(H,26,27,28)/t3*14-,16+,17+,18-,20-,21+/m000/s1/i3D2,4D,5D,6D2,7D2,8D2,9D,10D2,11D2,14D,16D,17D,18D,20D,21D,32D,33D,34D;3D2,4D,5D,6D2,7D2,8D2,9D,10D2,11D2,14D,16D,17D,18D,20D,21D;3D2,4D,5D,7D2,8D2,9D,10D2,11D2,14D,16D,17D,18D,20D,21D/hD. The molecule has 30 nitrogen and oxygen atoms in total. The van der Waals surface area contributed by atoms with Gasteiger partial charge in [-0.25, -0.2) is 57.1 Å². The molecular weight excluding hydrogens is 1460 g/mol. The molecule has 0 aliphatic heterocycles. The van der Waals surface area contributed by atoms with Gasteiger partial charge in [-0.1, -0.05) is 108 Å². The summed E-state index contributed by atoms with van der Waals surface area (Å²) in [6.07, 6.45) is -70.4. The van der Waals surface area contributed by atoms with Crippen LogP contribution in [0.3, 0.4) is 0 Å². The van der Waals surface area contributed by atoms with Gasteiger partial charge in [0.1, 0.15) is 53.9 Å². The smallest absolute Gasteiger partial charge is 0.211 e. The first-order valence-electron chi connectivity index (χ1n) is 61.9. The molecule has 15 rings (SSSR count). The van der Waals surface area contributed by atoms with Crippen molar-refractivity contribution >= 4 is 86.2 Å². The van der Waals surface area contributed by atoms with Crippen LogP contribution in [0, 0.1) is 38.2 Å². The Labute approximate surface area is 724 Å². The summed E-state index contributed by atoms with van der Waals surface area (Å²) < 4.78 is 602. The van der Waals surface area contributed by atoms with Crippen molar-refractivity contribution in [2.75, 3.05) is 72.5 Å². The van der Waals surface area contributed by atoms with Gasteiger partial charge in [0.25, 0.3) is 0 Å². The average Bonchev–Trinajstić information content (AvgIpc) is 1.45. The minimum absolute atomic E-state index is 0.100. The monoisotopic (exact) mass is 1620 g/mol. The number of halogens is 3. The fourth-order valence-corrected chi connectivity index (χ4v) is 10.3. The minimum Gasteiger partial charge on any atom is -0.394 e. The molecule has 0 bridgehead atoms. The maximum Gasteiger partial charge on any atom is 0.211 e. The summed E-state index contributed by atoms with van der Waals surface area (Å²) in [5.41, 5.74) is -20.3. The van der Waals surface area contributed by atoms with Crippen LogP contribution in [-0.2, 0) is 14.2 Å². The zero-order valence-electron chi connectivity index (χ0n) is 120. The third-order valence-corrected chi connectivity index (χ3v) is 16.1. The number of aromatic nitrogens is 15. The van der Waals surface area contributed by atoms with Gasteiger partial charge in [-0.05, 0) is 111 Å². The molecule has 9 aromatic rings. The zero-order chi connectivity index (χ0) is 134. The number of thioether (sulfide) groups is 3. The lowest BCUT2D eigenvalue weighted by molar-refractivity contribution is -0.0629. The molecule has 3 aromatic carbocycles. The number of hydrogen-bond donors (Lipinski definition) is 12. The van der Waals surface area contributed by atoms with Crippen LogP contribution in [0.4, 0.5) is 30.6 Å². The summed E-state index contributed by atoms with van der Waals surface area (Å²) in [5, 5.41) is 98.4. The summed E-state index contributed by atoms with van der Waals surface area (Å²) in [6.45, 7) is -16.1. The molecule has 0 spiro atoms. The van der Waals surface area contributed by atoms with Crippen molar-refractivity contribution in [1.29, 1.82) is 4.29 Å². The van der Waals surface area contributed by atoms with Crippen molar-refractivity contribution in [3.8, 4) is 0 Å². The maximum atomic E-state index is 15.2. The molecule has 6 saturated carbocycles. The van der Waals surface area contributed by atoms with Gasteiger partial charge < -0.3 is 76.1 Å². The highest BCUT2D eigenvalue weighted by Crippen LogP contribution is 2.48. The lowest BCUT2D eigenvalue weighted by Crippen LogP contribution is -2.33. The molecule has 6 aliphatic carbocycles. The number of aliphatic hydroxyl groups is 9. The van der Waals surface area contributed by atoms with Gasteiger partial charge in [-0.2, -0.15) is 0 Å². The quantitative estimate of drug-likeness (QED) is 0.0153. The highest BCUT2D eigenvalue weighted by atomic mass is 32.2. The van der Waals surface area contributed by atoms with Crippen molar-refractivity contribution in [1.82, 2.24) is 74.9 Å². The number of nitrogens with one attached hydrogen (secondary N) is 3. The van der Waals surface area contributed by atoms with Gasteiger partial charge in [0, 0.05) is 109 Å². The molecule has 18 atom stereocenters. The molecule has 12 N–H and O–H groups in total. The van der Waals surface area contributed by atoms with E-state index in [1.54, 1.807) is 0 Å². The van der Waals surface area contributed by atoms with Crippen molar-refractivity contribution < 1.29 is 158 Å². The van der Waals surface area contributed by atoms with Crippen LogP contribution in [0.25, 0.3) is 33.5 Å². The fraction of sp³-hybridized carbons (Fsp3) is 0.583. The van der Waals surface area contributed by atoms with Crippen molar-refractivity contribution in [3.05, 3.63) is 105 Å². The van der Waals surface area contributed by atoms with Gasteiger partial charge in [0.2, 0.25) is 4.29 Å². The predicted molar refractivity (Wildman–Crippen MR) is 398 cm³/mol. The Kier molecular flexibility index (Phi) is 10.3. The first-order chi connectivity index (χ1) is 76.9. The van der Waals surface area contributed by atoms with E-state index in [1.807, 2.05) is 0 Å². The summed E-state index contributed by atoms with van der Waals surface area (Å²) in [7, 11) is 0. The second-order valence-electron chi connectivity index (χ2n) is 20.9. The Balaban J connectivity index is 0.000000212. The second-order valence-corrected chi connectivity index (χ2v) is 23.3. The molecule has 6 fully saturated rings. The van der Waals surface area contributed by atoms with Gasteiger partial charge in [-0.15, -0.1) is 15.3 Å². The van der Waals surface area contributed by atoms with Crippen LogP contribution >= 0.6 is 35.3 Å². The normalized spacial score (nSPS) is 52.9. The molecule has 6 aliphatic rings. The van der Waals surface area contributed by atoms with Crippen LogP contribution in [-0.4, -0.2) is 254 Å². The van der Waals surface area contributed by atoms with Crippen LogP contribution in [0.15, 0.2) is 69.9 Å². The highest BCUT2D eigenvalue weighted by molar-refractivity contribution is 7.99.